The summed E-state index contributed by atoms with van der Waals surface area (Å²) in [6, 6.07) is 0. The highest BCUT2D eigenvalue weighted by atomic mass is 15.0. The fraction of sp³-hybridized carbons (Fsp3) is 0.875. The summed E-state index contributed by atoms with van der Waals surface area (Å²) in [4.78, 5) is 3.94. The zero-order valence-electron chi connectivity index (χ0n) is 7.30. The summed E-state index contributed by atoms with van der Waals surface area (Å²) in [5.41, 5.74) is 10.9. The fourth-order valence-corrected chi connectivity index (χ4v) is 1.42. The minimum atomic E-state index is 0.212. The second-order valence-electron chi connectivity index (χ2n) is 3.98. The number of aliphatic imine (C=N–C) groups is 1. The smallest absolute Gasteiger partial charge is 0.185 e. The molecule has 0 aromatic rings. The van der Waals surface area contributed by atoms with Crippen LogP contribution in [0.5, 0.6) is 0 Å². The van der Waals surface area contributed by atoms with Crippen LogP contribution in [0.2, 0.25) is 0 Å². The first-order chi connectivity index (χ1) is 5.02. The number of rotatable bonds is 3. The first-order valence-corrected chi connectivity index (χ1v) is 4.08. The Balaban J connectivity index is 2.12. The molecule has 1 atom stereocenters. The normalized spacial score (nSPS) is 26.2. The Labute approximate surface area is 67.9 Å². The zero-order chi connectivity index (χ0) is 8.48. The average Bonchev–Trinajstić information content (AvgIpc) is 2.39. The van der Waals surface area contributed by atoms with E-state index in [1.165, 1.54) is 6.42 Å². The quantitative estimate of drug-likeness (QED) is 0.465. The Morgan fingerprint density at radius 2 is 2.09 bits per heavy atom. The number of nitrogens with zero attached hydrogens (tertiary/aromatic N) is 1. The van der Waals surface area contributed by atoms with E-state index in [4.69, 9.17) is 11.5 Å². The minimum absolute atomic E-state index is 0.212. The highest BCUT2D eigenvalue weighted by Crippen LogP contribution is 2.53. The molecule has 0 aromatic carbocycles. The van der Waals surface area contributed by atoms with E-state index in [0.717, 1.165) is 18.9 Å². The molecule has 0 aromatic heterocycles. The van der Waals surface area contributed by atoms with Gasteiger partial charge in [0.1, 0.15) is 0 Å². The van der Waals surface area contributed by atoms with Crippen LogP contribution in [0.4, 0.5) is 0 Å². The molecule has 0 bridgehead atoms. The Bertz CT molecular complexity index is 168. The van der Waals surface area contributed by atoms with Crippen molar-refractivity contribution in [3.05, 3.63) is 0 Å². The molecule has 3 heteroatoms. The van der Waals surface area contributed by atoms with E-state index in [1.807, 2.05) is 0 Å². The summed E-state index contributed by atoms with van der Waals surface area (Å²) in [5, 5.41) is 0. The molecule has 0 radical (unpaired) electrons. The van der Waals surface area contributed by atoms with Crippen molar-refractivity contribution in [3.8, 4) is 0 Å². The largest absolute Gasteiger partial charge is 0.370 e. The third-order valence-corrected chi connectivity index (χ3v) is 2.49. The number of nitrogens with two attached hydrogens (primary N) is 2. The molecule has 3 nitrogen and oxygen atoms in total. The molecular weight excluding hydrogens is 138 g/mol. The topological polar surface area (TPSA) is 64.4 Å². The number of hydrogen-bond acceptors (Lipinski definition) is 1. The molecule has 0 aliphatic heterocycles. The molecule has 64 valence electrons. The second-order valence-corrected chi connectivity index (χ2v) is 3.98. The Morgan fingerprint density at radius 1 is 1.55 bits per heavy atom. The molecule has 1 aliphatic carbocycles. The standard InChI is InChI=1S/C8H17N3/c1-8(2)5-6(8)3-4-11-7(9)10/h6H,3-5H2,1-2H3,(H4,9,10,11). The Morgan fingerprint density at radius 3 is 2.45 bits per heavy atom. The van der Waals surface area contributed by atoms with Crippen LogP contribution in [0, 0.1) is 11.3 Å². The van der Waals surface area contributed by atoms with Gasteiger partial charge in [0.2, 0.25) is 0 Å². The van der Waals surface area contributed by atoms with Gasteiger partial charge in [-0.3, -0.25) is 4.99 Å². The molecule has 1 aliphatic rings. The van der Waals surface area contributed by atoms with Gasteiger partial charge < -0.3 is 11.5 Å². The monoisotopic (exact) mass is 155 g/mol. The summed E-state index contributed by atoms with van der Waals surface area (Å²) in [6.07, 6.45) is 2.46. The van der Waals surface area contributed by atoms with E-state index in [9.17, 15) is 0 Å². The zero-order valence-corrected chi connectivity index (χ0v) is 7.30. The molecular formula is C8H17N3. The molecule has 0 amide bonds. The minimum Gasteiger partial charge on any atom is -0.370 e. The summed E-state index contributed by atoms with van der Waals surface area (Å²) >= 11 is 0. The Kier molecular flexibility index (Phi) is 2.07. The maximum atomic E-state index is 5.19. The predicted molar refractivity (Wildman–Crippen MR) is 47.2 cm³/mol. The number of guanidine groups is 1. The van der Waals surface area contributed by atoms with E-state index >= 15 is 0 Å². The Hall–Kier alpha value is -0.730. The summed E-state index contributed by atoms with van der Waals surface area (Å²) in [7, 11) is 0. The second kappa shape index (κ2) is 2.72. The van der Waals surface area contributed by atoms with Crippen LogP contribution < -0.4 is 11.5 Å². The average molecular weight is 155 g/mol. The first kappa shape index (κ1) is 8.37. The van der Waals surface area contributed by atoms with Crippen LogP contribution in [0.25, 0.3) is 0 Å². The van der Waals surface area contributed by atoms with Crippen molar-refractivity contribution in [3.63, 3.8) is 0 Å². The van der Waals surface area contributed by atoms with Crippen LogP contribution in [0.1, 0.15) is 26.7 Å². The van der Waals surface area contributed by atoms with Gasteiger partial charge in [0.15, 0.2) is 5.96 Å². The lowest BCUT2D eigenvalue weighted by atomic mass is 10.1. The van der Waals surface area contributed by atoms with Crippen LogP contribution >= 0.6 is 0 Å². The van der Waals surface area contributed by atoms with Gasteiger partial charge in [-0.2, -0.15) is 0 Å². The highest BCUT2D eigenvalue weighted by molar-refractivity contribution is 5.75. The lowest BCUT2D eigenvalue weighted by Crippen LogP contribution is -2.23. The molecule has 1 rings (SSSR count). The van der Waals surface area contributed by atoms with Crippen molar-refractivity contribution >= 4 is 5.96 Å². The van der Waals surface area contributed by atoms with Gasteiger partial charge in [0, 0.05) is 6.54 Å². The van der Waals surface area contributed by atoms with Crippen molar-refractivity contribution in [2.45, 2.75) is 26.7 Å². The molecule has 0 saturated heterocycles. The highest BCUT2D eigenvalue weighted by Gasteiger charge is 2.44. The van der Waals surface area contributed by atoms with E-state index in [2.05, 4.69) is 18.8 Å². The van der Waals surface area contributed by atoms with Gasteiger partial charge in [-0.05, 0) is 24.2 Å². The van der Waals surface area contributed by atoms with E-state index < -0.39 is 0 Å². The summed E-state index contributed by atoms with van der Waals surface area (Å²) in [5.74, 6) is 1.05. The van der Waals surface area contributed by atoms with Crippen molar-refractivity contribution < 1.29 is 0 Å². The van der Waals surface area contributed by atoms with Crippen LogP contribution in [0.3, 0.4) is 0 Å². The van der Waals surface area contributed by atoms with Gasteiger partial charge in [-0.25, -0.2) is 0 Å². The van der Waals surface area contributed by atoms with Crippen molar-refractivity contribution in [1.82, 2.24) is 0 Å². The first-order valence-electron chi connectivity index (χ1n) is 4.08. The maximum Gasteiger partial charge on any atom is 0.185 e. The predicted octanol–water partition coefficient (Wildman–Crippen LogP) is 0.696. The molecule has 1 saturated carbocycles. The van der Waals surface area contributed by atoms with Crippen molar-refractivity contribution in [2.75, 3.05) is 6.54 Å². The van der Waals surface area contributed by atoms with Gasteiger partial charge in [-0.15, -0.1) is 0 Å². The molecule has 1 fully saturated rings. The third kappa shape index (κ3) is 2.41. The van der Waals surface area contributed by atoms with Crippen molar-refractivity contribution in [2.24, 2.45) is 27.8 Å². The third-order valence-electron chi connectivity index (χ3n) is 2.49. The van der Waals surface area contributed by atoms with E-state index in [1.54, 1.807) is 0 Å². The molecule has 11 heavy (non-hydrogen) atoms. The van der Waals surface area contributed by atoms with Crippen LogP contribution in [-0.4, -0.2) is 12.5 Å². The van der Waals surface area contributed by atoms with E-state index in [0.29, 0.717) is 5.41 Å². The van der Waals surface area contributed by atoms with Crippen LogP contribution in [-0.2, 0) is 0 Å². The van der Waals surface area contributed by atoms with E-state index in [-0.39, 0.29) is 5.96 Å². The van der Waals surface area contributed by atoms with Crippen molar-refractivity contribution in [1.29, 1.82) is 0 Å². The van der Waals surface area contributed by atoms with Crippen LogP contribution in [0.15, 0.2) is 4.99 Å². The van der Waals surface area contributed by atoms with Gasteiger partial charge in [0.25, 0.3) is 0 Å². The van der Waals surface area contributed by atoms with Gasteiger partial charge in [0.05, 0.1) is 0 Å². The SMILES string of the molecule is CC1(C)CC1CCN=C(N)N. The summed E-state index contributed by atoms with van der Waals surface area (Å²) in [6.45, 7) is 5.36. The summed E-state index contributed by atoms with van der Waals surface area (Å²) < 4.78 is 0. The molecule has 1 unspecified atom stereocenters. The maximum absolute atomic E-state index is 5.19. The fourth-order valence-electron chi connectivity index (χ4n) is 1.42. The number of hydrogen-bond donors (Lipinski definition) is 2. The molecule has 0 heterocycles. The van der Waals surface area contributed by atoms with Gasteiger partial charge >= 0.3 is 0 Å². The molecule has 4 N–H and O–H groups in total. The molecule has 0 spiro atoms. The van der Waals surface area contributed by atoms with Gasteiger partial charge in [-0.1, -0.05) is 13.8 Å². The lowest BCUT2D eigenvalue weighted by molar-refractivity contribution is 0.538. The lowest BCUT2D eigenvalue weighted by Gasteiger charge is -1.99.